The molecule has 0 saturated carbocycles. The molecule has 0 spiro atoms. The smallest absolute Gasteiger partial charge is 0.257 e. The van der Waals surface area contributed by atoms with Crippen LogP contribution in [0.4, 0.5) is 5.69 Å². The maximum Gasteiger partial charge on any atom is 0.257 e. The predicted molar refractivity (Wildman–Crippen MR) is 119 cm³/mol. The van der Waals surface area contributed by atoms with Crippen molar-refractivity contribution in [1.82, 2.24) is 5.32 Å². The number of hydrogen-bond acceptors (Lipinski definition) is 5. The Bertz CT molecular complexity index is 1060. The van der Waals surface area contributed by atoms with Crippen molar-refractivity contribution in [1.29, 1.82) is 5.26 Å². The van der Waals surface area contributed by atoms with Crippen molar-refractivity contribution < 1.29 is 14.3 Å². The molecule has 0 bridgehead atoms. The average Bonchev–Trinajstić information content (AvgIpc) is 2.78. The van der Waals surface area contributed by atoms with Crippen LogP contribution in [0.5, 0.6) is 11.5 Å². The second-order valence-corrected chi connectivity index (χ2v) is 6.51. The second kappa shape index (κ2) is 10.6. The Balaban J connectivity index is 1.51. The summed E-state index contributed by atoms with van der Waals surface area (Å²) in [4.78, 5) is 12.5. The van der Waals surface area contributed by atoms with Crippen molar-refractivity contribution in [3.8, 4) is 17.6 Å². The van der Waals surface area contributed by atoms with E-state index in [0.29, 0.717) is 35.8 Å². The van der Waals surface area contributed by atoms with E-state index in [2.05, 4.69) is 16.7 Å². The monoisotopic (exact) mass is 417 g/mol. The van der Waals surface area contributed by atoms with Gasteiger partial charge in [-0.2, -0.15) is 5.26 Å². The molecule has 0 radical (unpaired) electrons. The summed E-state index contributed by atoms with van der Waals surface area (Å²) in [6.45, 7) is 0.720. The maximum atomic E-state index is 12.5. The van der Waals surface area contributed by atoms with Gasteiger partial charge in [-0.05, 0) is 54.7 Å². The first-order valence-electron chi connectivity index (χ1n) is 9.18. The number of thiocarbonyl (C=S) groups is 1. The number of nitrogens with zero attached hydrogens (tertiary/aromatic N) is 1. The summed E-state index contributed by atoms with van der Waals surface area (Å²) < 4.78 is 11.2. The molecule has 150 valence electrons. The lowest BCUT2D eigenvalue weighted by Gasteiger charge is -2.12. The molecule has 30 heavy (non-hydrogen) atoms. The van der Waals surface area contributed by atoms with Gasteiger partial charge in [0, 0.05) is 5.56 Å². The van der Waals surface area contributed by atoms with Crippen molar-refractivity contribution in [3.05, 3.63) is 90.0 Å². The first-order chi connectivity index (χ1) is 14.7. The number of carbonyl (C=O) groups excluding carboxylic acids is 1. The molecule has 6 nitrogen and oxygen atoms in total. The van der Waals surface area contributed by atoms with Gasteiger partial charge in [0.1, 0.15) is 30.8 Å². The summed E-state index contributed by atoms with van der Waals surface area (Å²) >= 11 is 5.18. The highest BCUT2D eigenvalue weighted by Gasteiger charge is 2.10. The molecule has 0 unspecified atom stereocenters. The van der Waals surface area contributed by atoms with Crippen LogP contribution in [0.15, 0.2) is 78.9 Å². The molecule has 3 aromatic carbocycles. The standard InChI is InChI=1S/C23H19N3O3S/c24-16-18-7-4-5-12-21(18)25-23(30)26-22(27)17-8-6-11-20(15-17)29-14-13-28-19-9-2-1-3-10-19/h1-12,15H,13-14H2,(H2,25,26,27,30). The zero-order valence-electron chi connectivity index (χ0n) is 16.0. The van der Waals surface area contributed by atoms with E-state index >= 15 is 0 Å². The SMILES string of the molecule is N#Cc1ccccc1NC(=S)NC(=O)c1cccc(OCCOc2ccccc2)c1. The van der Waals surface area contributed by atoms with Crippen LogP contribution < -0.4 is 20.1 Å². The highest BCUT2D eigenvalue weighted by molar-refractivity contribution is 7.80. The minimum absolute atomic E-state index is 0.102. The third-order valence-corrected chi connectivity index (χ3v) is 4.19. The molecule has 0 atom stereocenters. The summed E-state index contributed by atoms with van der Waals surface area (Å²) in [5.41, 5.74) is 1.36. The Morgan fingerprint density at radius 1 is 0.900 bits per heavy atom. The number of anilines is 1. The second-order valence-electron chi connectivity index (χ2n) is 6.10. The van der Waals surface area contributed by atoms with E-state index in [9.17, 15) is 4.79 Å². The van der Waals surface area contributed by atoms with E-state index in [-0.39, 0.29) is 11.0 Å². The third-order valence-electron chi connectivity index (χ3n) is 3.98. The molecule has 0 aliphatic carbocycles. The Kier molecular flexibility index (Phi) is 7.36. The zero-order valence-corrected chi connectivity index (χ0v) is 16.8. The molecule has 7 heteroatoms. The highest BCUT2D eigenvalue weighted by Crippen LogP contribution is 2.15. The first-order valence-corrected chi connectivity index (χ1v) is 9.59. The Hall–Kier alpha value is -3.89. The van der Waals surface area contributed by atoms with Crippen molar-refractivity contribution in [2.24, 2.45) is 0 Å². The minimum Gasteiger partial charge on any atom is -0.490 e. The zero-order chi connectivity index (χ0) is 21.2. The molecule has 0 saturated heterocycles. The summed E-state index contributed by atoms with van der Waals surface area (Å²) in [5.74, 6) is 0.939. The number of benzene rings is 3. The molecule has 0 aliphatic rings. The topological polar surface area (TPSA) is 83.4 Å². The van der Waals surface area contributed by atoms with Gasteiger partial charge in [-0.3, -0.25) is 10.1 Å². The maximum absolute atomic E-state index is 12.5. The van der Waals surface area contributed by atoms with Crippen LogP contribution in [0.1, 0.15) is 15.9 Å². The van der Waals surface area contributed by atoms with Crippen LogP contribution in [0.2, 0.25) is 0 Å². The summed E-state index contributed by atoms with van der Waals surface area (Å²) in [5, 5.41) is 14.7. The van der Waals surface area contributed by atoms with Crippen molar-refractivity contribution in [3.63, 3.8) is 0 Å². The number of nitriles is 1. The van der Waals surface area contributed by atoms with E-state index < -0.39 is 0 Å². The number of rotatable bonds is 7. The molecule has 1 amide bonds. The van der Waals surface area contributed by atoms with Crippen LogP contribution in [0, 0.1) is 11.3 Å². The molecule has 2 N–H and O–H groups in total. The fraction of sp³-hybridized carbons (Fsp3) is 0.0870. The van der Waals surface area contributed by atoms with Crippen molar-refractivity contribution >= 4 is 28.9 Å². The van der Waals surface area contributed by atoms with Crippen LogP contribution >= 0.6 is 12.2 Å². The van der Waals surface area contributed by atoms with Gasteiger partial charge in [0.2, 0.25) is 0 Å². The predicted octanol–water partition coefficient (Wildman–Crippen LogP) is 4.14. The van der Waals surface area contributed by atoms with Crippen molar-refractivity contribution in [2.75, 3.05) is 18.5 Å². The van der Waals surface area contributed by atoms with Crippen LogP contribution in [0.25, 0.3) is 0 Å². The molecule has 3 aromatic rings. The number of para-hydroxylation sites is 2. The van der Waals surface area contributed by atoms with Crippen LogP contribution in [-0.4, -0.2) is 24.2 Å². The largest absolute Gasteiger partial charge is 0.490 e. The third kappa shape index (κ3) is 6.06. The lowest BCUT2D eigenvalue weighted by molar-refractivity contribution is 0.0977. The van der Waals surface area contributed by atoms with E-state index in [1.54, 1.807) is 48.5 Å². The number of nitrogens with one attached hydrogen (secondary N) is 2. The fourth-order valence-electron chi connectivity index (χ4n) is 2.58. The average molecular weight is 417 g/mol. The van der Waals surface area contributed by atoms with Gasteiger partial charge in [-0.15, -0.1) is 0 Å². The lowest BCUT2D eigenvalue weighted by atomic mass is 10.2. The van der Waals surface area contributed by atoms with E-state index in [4.69, 9.17) is 27.0 Å². The Morgan fingerprint density at radius 2 is 1.57 bits per heavy atom. The highest BCUT2D eigenvalue weighted by atomic mass is 32.1. The number of carbonyl (C=O) groups is 1. The molecule has 0 heterocycles. The number of amides is 1. The first kappa shape index (κ1) is 20.8. The lowest BCUT2D eigenvalue weighted by Crippen LogP contribution is -2.34. The van der Waals surface area contributed by atoms with Gasteiger partial charge in [0.25, 0.3) is 5.91 Å². The van der Waals surface area contributed by atoms with Gasteiger partial charge in [0.05, 0.1) is 11.3 Å². The van der Waals surface area contributed by atoms with Crippen molar-refractivity contribution in [2.45, 2.75) is 0 Å². The minimum atomic E-state index is -0.382. The van der Waals surface area contributed by atoms with Gasteiger partial charge in [0.15, 0.2) is 5.11 Å². The molecule has 0 aromatic heterocycles. The molecule has 3 rings (SSSR count). The van der Waals surface area contributed by atoms with Gasteiger partial charge in [-0.25, -0.2) is 0 Å². The van der Waals surface area contributed by atoms with Crippen LogP contribution in [0.3, 0.4) is 0 Å². The fourth-order valence-corrected chi connectivity index (χ4v) is 2.78. The molecular weight excluding hydrogens is 398 g/mol. The Morgan fingerprint density at radius 3 is 2.33 bits per heavy atom. The summed E-state index contributed by atoms with van der Waals surface area (Å²) in [7, 11) is 0. The quantitative estimate of drug-likeness (QED) is 0.444. The molecular formula is C23H19N3O3S. The molecule has 0 fully saturated rings. The van der Waals surface area contributed by atoms with Gasteiger partial charge < -0.3 is 14.8 Å². The number of hydrogen-bond donors (Lipinski definition) is 2. The van der Waals surface area contributed by atoms with E-state index in [0.717, 1.165) is 5.75 Å². The van der Waals surface area contributed by atoms with Gasteiger partial charge >= 0.3 is 0 Å². The summed E-state index contributed by atoms with van der Waals surface area (Å²) in [6.07, 6.45) is 0. The van der Waals surface area contributed by atoms with Gasteiger partial charge in [-0.1, -0.05) is 36.4 Å². The normalized spacial score (nSPS) is 9.83. The van der Waals surface area contributed by atoms with Crippen LogP contribution in [-0.2, 0) is 0 Å². The summed E-state index contributed by atoms with van der Waals surface area (Å²) in [6, 6.07) is 25.2. The Labute approximate surface area is 180 Å². The number of ether oxygens (including phenoxy) is 2. The molecule has 0 aliphatic heterocycles. The van der Waals surface area contributed by atoms with E-state index in [1.807, 2.05) is 30.3 Å². The van der Waals surface area contributed by atoms with E-state index in [1.165, 1.54) is 0 Å².